The van der Waals surface area contributed by atoms with Gasteiger partial charge in [-0.3, -0.25) is 14.5 Å². The van der Waals surface area contributed by atoms with E-state index < -0.39 is 23.5 Å². The molecule has 9 nitrogen and oxygen atoms in total. The Bertz CT molecular complexity index is 1710. The molecule has 222 valence electrons. The molecule has 2 N–H and O–H groups in total. The number of halogens is 2. The highest BCUT2D eigenvalue weighted by molar-refractivity contribution is 9.10. The van der Waals surface area contributed by atoms with Crippen molar-refractivity contribution in [2.24, 2.45) is 0 Å². The molecule has 1 unspecified atom stereocenters. The zero-order valence-corrected chi connectivity index (χ0v) is 26.1. The third-order valence-corrected chi connectivity index (χ3v) is 9.25. The average Bonchev–Trinajstić information content (AvgIpc) is 3.58. The number of ketones is 1. The van der Waals surface area contributed by atoms with E-state index in [4.69, 9.17) is 9.47 Å². The summed E-state index contributed by atoms with van der Waals surface area (Å²) < 4.78 is 25.8. The van der Waals surface area contributed by atoms with Crippen LogP contribution in [0.3, 0.4) is 0 Å². The van der Waals surface area contributed by atoms with Crippen LogP contribution in [-0.4, -0.2) is 45.8 Å². The monoisotopic (exact) mass is 685 g/mol. The van der Waals surface area contributed by atoms with E-state index in [1.54, 1.807) is 42.5 Å². The van der Waals surface area contributed by atoms with Crippen LogP contribution in [-0.2, 0) is 15.3 Å². The largest absolute Gasteiger partial charge is 0.507 e. The molecule has 0 saturated carbocycles. The zero-order valence-electron chi connectivity index (χ0n) is 22.9. The summed E-state index contributed by atoms with van der Waals surface area (Å²) in [6, 6.07) is 14.8. The van der Waals surface area contributed by atoms with Gasteiger partial charge >= 0.3 is 5.91 Å². The van der Waals surface area contributed by atoms with Crippen molar-refractivity contribution in [3.05, 3.63) is 93.2 Å². The molecule has 1 aliphatic heterocycles. The van der Waals surface area contributed by atoms with E-state index in [1.807, 2.05) is 6.92 Å². The summed E-state index contributed by atoms with van der Waals surface area (Å²) in [5.74, 6) is -1.79. The van der Waals surface area contributed by atoms with Gasteiger partial charge in [-0.2, -0.15) is 0 Å². The number of aromatic hydroxyl groups is 1. The molecule has 2 heterocycles. The van der Waals surface area contributed by atoms with Gasteiger partial charge < -0.3 is 19.7 Å². The van der Waals surface area contributed by atoms with Crippen LogP contribution >= 0.6 is 39.0 Å². The number of carbonyl (C=O) groups is 2. The number of amides is 1. The second-order valence-electron chi connectivity index (χ2n) is 9.33. The number of benzene rings is 3. The van der Waals surface area contributed by atoms with Gasteiger partial charge in [0.25, 0.3) is 5.78 Å². The van der Waals surface area contributed by atoms with Crippen molar-refractivity contribution in [1.82, 2.24) is 10.2 Å². The van der Waals surface area contributed by atoms with Gasteiger partial charge in [0.2, 0.25) is 5.13 Å². The summed E-state index contributed by atoms with van der Waals surface area (Å²) in [4.78, 5) is 28.3. The smallest absolute Gasteiger partial charge is 0.301 e. The Morgan fingerprint density at radius 2 is 1.88 bits per heavy atom. The van der Waals surface area contributed by atoms with Gasteiger partial charge in [0.1, 0.15) is 17.3 Å². The van der Waals surface area contributed by atoms with Gasteiger partial charge in [0.15, 0.2) is 15.8 Å². The highest BCUT2D eigenvalue weighted by Crippen LogP contribution is 2.47. The Kier molecular flexibility index (Phi) is 9.33. The van der Waals surface area contributed by atoms with E-state index in [0.717, 1.165) is 22.7 Å². The fourth-order valence-corrected chi connectivity index (χ4v) is 6.76. The molecule has 0 bridgehead atoms. The maximum absolute atomic E-state index is 14.1. The van der Waals surface area contributed by atoms with Crippen LogP contribution in [0.4, 0.5) is 9.52 Å². The lowest BCUT2D eigenvalue weighted by Crippen LogP contribution is -2.29. The molecule has 4 aromatic rings. The van der Waals surface area contributed by atoms with E-state index in [9.17, 15) is 24.2 Å². The number of ether oxygens (including phenoxy) is 2. The Balaban J connectivity index is 1.57. The summed E-state index contributed by atoms with van der Waals surface area (Å²) >= 11 is 5.59. The Morgan fingerprint density at radius 1 is 1.14 bits per heavy atom. The summed E-state index contributed by atoms with van der Waals surface area (Å²) in [6.07, 6.45) is 0.825. The van der Waals surface area contributed by atoms with Crippen LogP contribution in [0.1, 0.15) is 36.1 Å². The fourth-order valence-electron chi connectivity index (χ4n) is 4.45. The predicted octanol–water partition coefficient (Wildman–Crippen LogP) is 6.86. The molecule has 0 radical (unpaired) electrons. The van der Waals surface area contributed by atoms with Crippen molar-refractivity contribution in [1.29, 1.82) is 0 Å². The van der Waals surface area contributed by atoms with Crippen LogP contribution in [0.2, 0.25) is 0 Å². The molecule has 1 amide bonds. The standard InChI is InChI=1S/C30H25BrFN3O6S2/c1-3-12-41-19-10-8-16(9-11-19)25(36)23-24(18-13-20(31)26(37)22(14-18)40-2)35(28(39)27(23)38)29-33-34-30(43-29)42-15-17-6-4-5-7-21(17)32/h4-11,13-14,24,36-37H,3,12,15H2,1-2H3/b25-23-. The number of phenolic OH excluding ortho intramolecular Hbond substituents is 1. The van der Waals surface area contributed by atoms with Crippen molar-refractivity contribution in [3.8, 4) is 17.2 Å². The minimum atomic E-state index is -1.14. The summed E-state index contributed by atoms with van der Waals surface area (Å²) in [5.41, 5.74) is 0.968. The van der Waals surface area contributed by atoms with Gasteiger partial charge in [0.05, 0.1) is 29.8 Å². The molecule has 1 fully saturated rings. The minimum Gasteiger partial charge on any atom is -0.507 e. The summed E-state index contributed by atoms with van der Waals surface area (Å²) in [6.45, 7) is 2.51. The van der Waals surface area contributed by atoms with E-state index in [-0.39, 0.29) is 38.2 Å². The Labute approximate surface area is 263 Å². The maximum Gasteiger partial charge on any atom is 0.301 e. The number of aromatic nitrogens is 2. The first kappa shape index (κ1) is 30.5. The van der Waals surface area contributed by atoms with Crippen LogP contribution in [0.5, 0.6) is 17.2 Å². The lowest BCUT2D eigenvalue weighted by molar-refractivity contribution is -0.132. The molecular formula is C30H25BrFN3O6S2. The number of nitrogens with zero attached hydrogens (tertiary/aromatic N) is 3. The zero-order chi connectivity index (χ0) is 30.7. The quantitative estimate of drug-likeness (QED) is 0.0606. The summed E-state index contributed by atoms with van der Waals surface area (Å²) in [7, 11) is 1.37. The molecule has 13 heteroatoms. The third kappa shape index (κ3) is 6.24. The first-order valence-corrected chi connectivity index (χ1v) is 15.6. The number of rotatable bonds is 10. The molecule has 0 spiro atoms. The highest BCUT2D eigenvalue weighted by atomic mass is 79.9. The van der Waals surface area contributed by atoms with Crippen molar-refractivity contribution in [2.75, 3.05) is 18.6 Å². The van der Waals surface area contributed by atoms with Gasteiger partial charge in [0, 0.05) is 11.3 Å². The number of methoxy groups -OCH3 is 1. The van der Waals surface area contributed by atoms with Gasteiger partial charge in [-0.15, -0.1) is 10.2 Å². The first-order chi connectivity index (χ1) is 20.7. The van der Waals surface area contributed by atoms with Gasteiger partial charge in [-0.1, -0.05) is 48.2 Å². The Hall–Kier alpha value is -3.94. The number of thioether (sulfide) groups is 1. The SMILES string of the molecule is CCCOc1ccc(/C(O)=C2/C(=O)C(=O)N(c3nnc(SCc4ccccc4F)s3)C2c2cc(Br)c(O)c(OC)c2)cc1. The fraction of sp³-hybridized carbons (Fsp3) is 0.200. The molecule has 1 aliphatic rings. The number of Topliss-reactive ketones (excluding diaryl/α,β-unsaturated/α-hetero) is 1. The number of anilines is 1. The topological polar surface area (TPSA) is 122 Å². The number of phenols is 1. The first-order valence-electron chi connectivity index (χ1n) is 13.0. The van der Waals surface area contributed by atoms with E-state index in [2.05, 4.69) is 26.1 Å². The molecule has 43 heavy (non-hydrogen) atoms. The number of hydrogen-bond acceptors (Lipinski definition) is 10. The van der Waals surface area contributed by atoms with Crippen LogP contribution in [0.25, 0.3) is 5.76 Å². The second-order valence-corrected chi connectivity index (χ2v) is 12.4. The molecule has 1 atom stereocenters. The van der Waals surface area contributed by atoms with E-state index in [0.29, 0.717) is 33.4 Å². The number of hydrogen-bond donors (Lipinski definition) is 2. The third-order valence-electron chi connectivity index (χ3n) is 6.54. The van der Waals surface area contributed by atoms with Gasteiger partial charge in [-0.05, 0) is 75.9 Å². The van der Waals surface area contributed by atoms with Crippen molar-refractivity contribution in [3.63, 3.8) is 0 Å². The number of aliphatic hydroxyl groups is 1. The van der Waals surface area contributed by atoms with Crippen LogP contribution in [0, 0.1) is 5.82 Å². The lowest BCUT2D eigenvalue weighted by atomic mass is 9.95. The van der Waals surface area contributed by atoms with Crippen molar-refractivity contribution in [2.45, 2.75) is 29.5 Å². The van der Waals surface area contributed by atoms with E-state index in [1.165, 1.54) is 37.1 Å². The van der Waals surface area contributed by atoms with Crippen molar-refractivity contribution < 1.29 is 33.7 Å². The number of aliphatic hydroxyl groups excluding tert-OH is 1. The highest BCUT2D eigenvalue weighted by Gasteiger charge is 2.48. The van der Waals surface area contributed by atoms with E-state index >= 15 is 0 Å². The van der Waals surface area contributed by atoms with Crippen molar-refractivity contribution >= 4 is 61.6 Å². The lowest BCUT2D eigenvalue weighted by Gasteiger charge is -2.23. The Morgan fingerprint density at radius 3 is 2.58 bits per heavy atom. The maximum atomic E-state index is 14.1. The number of carbonyl (C=O) groups excluding carboxylic acids is 2. The minimum absolute atomic E-state index is 0.0887. The second kappa shape index (κ2) is 13.1. The molecule has 5 rings (SSSR count). The molecular weight excluding hydrogens is 661 g/mol. The van der Waals surface area contributed by atoms with Gasteiger partial charge in [-0.25, -0.2) is 4.39 Å². The summed E-state index contributed by atoms with van der Waals surface area (Å²) in [5, 5.41) is 30.3. The van der Waals surface area contributed by atoms with Crippen LogP contribution < -0.4 is 14.4 Å². The molecule has 1 aromatic heterocycles. The van der Waals surface area contributed by atoms with Crippen LogP contribution in [0.15, 0.2) is 75.0 Å². The molecule has 0 aliphatic carbocycles. The predicted molar refractivity (Wildman–Crippen MR) is 165 cm³/mol. The normalized spacial score (nSPS) is 16.1. The molecule has 3 aromatic carbocycles. The average molecular weight is 687 g/mol. The molecule has 1 saturated heterocycles.